The highest BCUT2D eigenvalue weighted by atomic mass is 35.5. The number of nitrogens with one attached hydrogen (secondary N) is 1. The lowest BCUT2D eigenvalue weighted by Gasteiger charge is -2.15. The van der Waals surface area contributed by atoms with Crippen LogP contribution in [-0.4, -0.2) is 16.7 Å². The summed E-state index contributed by atoms with van der Waals surface area (Å²) in [6.45, 7) is 0.652. The number of benzene rings is 2. The van der Waals surface area contributed by atoms with E-state index in [0.717, 1.165) is 12.8 Å². The number of hydrogen-bond acceptors (Lipinski definition) is 2. The Bertz CT molecular complexity index is 1060. The first-order chi connectivity index (χ1) is 13.6. The minimum atomic E-state index is -0.122. The summed E-state index contributed by atoms with van der Waals surface area (Å²) in [7, 11) is 0. The molecule has 1 amide bonds. The maximum atomic E-state index is 12.3. The highest BCUT2D eigenvalue weighted by molar-refractivity contribution is 6.36. The number of carbonyl (C=O) groups is 1. The van der Waals surface area contributed by atoms with Crippen molar-refractivity contribution >= 4 is 46.2 Å². The first kappa shape index (κ1) is 19.0. The summed E-state index contributed by atoms with van der Waals surface area (Å²) in [5, 5.41) is 6.41. The van der Waals surface area contributed by atoms with Crippen molar-refractivity contribution in [2.45, 2.75) is 38.6 Å². The molecule has 0 fully saturated rings. The van der Waals surface area contributed by atoms with Crippen LogP contribution in [0.1, 0.15) is 36.1 Å². The van der Waals surface area contributed by atoms with Crippen molar-refractivity contribution < 1.29 is 4.79 Å². The van der Waals surface area contributed by atoms with E-state index in [1.54, 1.807) is 18.2 Å². The van der Waals surface area contributed by atoms with E-state index >= 15 is 0 Å². The number of hydrazone groups is 1. The second-order valence-electron chi connectivity index (χ2n) is 7.01. The maximum Gasteiger partial charge on any atom is 0.241 e. The summed E-state index contributed by atoms with van der Waals surface area (Å²) in [6, 6.07) is 13.6. The van der Waals surface area contributed by atoms with Crippen molar-refractivity contribution in [2.24, 2.45) is 5.10 Å². The minimum absolute atomic E-state index is 0.122. The molecule has 144 valence electrons. The van der Waals surface area contributed by atoms with Crippen molar-refractivity contribution in [3.63, 3.8) is 0 Å². The number of nitrogens with zero attached hydrogens (tertiary/aromatic N) is 2. The molecule has 6 heteroatoms. The van der Waals surface area contributed by atoms with Gasteiger partial charge in [-0.1, -0.05) is 47.5 Å². The third-order valence-electron chi connectivity index (χ3n) is 5.20. The SMILES string of the molecule is O=C(CCn1c2c(c3ccccc31)CCCC2)NN=Cc1ccc(Cl)cc1Cl. The summed E-state index contributed by atoms with van der Waals surface area (Å²) < 4.78 is 2.31. The Hall–Kier alpha value is -2.30. The molecule has 4 rings (SSSR count). The molecule has 0 unspecified atom stereocenters. The molecule has 1 heterocycles. The lowest BCUT2D eigenvalue weighted by Crippen LogP contribution is -2.20. The topological polar surface area (TPSA) is 46.4 Å². The normalized spacial score (nSPS) is 13.8. The Kier molecular flexibility index (Phi) is 5.69. The van der Waals surface area contributed by atoms with Crippen LogP contribution in [0.5, 0.6) is 0 Å². The third kappa shape index (κ3) is 3.94. The molecule has 28 heavy (non-hydrogen) atoms. The lowest BCUT2D eigenvalue weighted by atomic mass is 9.95. The first-order valence-electron chi connectivity index (χ1n) is 9.49. The lowest BCUT2D eigenvalue weighted by molar-refractivity contribution is -0.121. The quantitative estimate of drug-likeness (QED) is 0.443. The maximum absolute atomic E-state index is 12.3. The molecule has 1 N–H and O–H groups in total. The van der Waals surface area contributed by atoms with Crippen LogP contribution in [0.15, 0.2) is 47.6 Å². The van der Waals surface area contributed by atoms with E-state index in [1.165, 1.54) is 41.2 Å². The van der Waals surface area contributed by atoms with Gasteiger partial charge >= 0.3 is 0 Å². The minimum Gasteiger partial charge on any atom is -0.344 e. The zero-order chi connectivity index (χ0) is 19.5. The summed E-state index contributed by atoms with van der Waals surface area (Å²) in [5.74, 6) is -0.122. The predicted octanol–water partition coefficient (Wildman–Crippen LogP) is 5.37. The number of amides is 1. The fraction of sp³-hybridized carbons (Fsp3) is 0.273. The molecule has 0 saturated carbocycles. The van der Waals surface area contributed by atoms with Crippen LogP contribution in [0.25, 0.3) is 10.9 Å². The zero-order valence-corrected chi connectivity index (χ0v) is 16.9. The van der Waals surface area contributed by atoms with Gasteiger partial charge in [-0.25, -0.2) is 5.43 Å². The molecule has 0 atom stereocenters. The molecular weight excluding hydrogens is 393 g/mol. The highest BCUT2D eigenvalue weighted by Gasteiger charge is 2.19. The van der Waals surface area contributed by atoms with E-state index in [1.807, 2.05) is 0 Å². The molecule has 0 spiro atoms. The summed E-state index contributed by atoms with van der Waals surface area (Å²) in [5.41, 5.74) is 7.36. The zero-order valence-electron chi connectivity index (χ0n) is 15.4. The average Bonchev–Trinajstić information content (AvgIpc) is 3.02. The molecule has 0 aliphatic heterocycles. The van der Waals surface area contributed by atoms with Gasteiger partial charge in [0.05, 0.1) is 11.2 Å². The Balaban J connectivity index is 1.43. The molecular formula is C22H21Cl2N3O. The standard InChI is InChI=1S/C22H21Cl2N3O/c23-16-10-9-15(19(24)13-16)14-25-26-22(28)11-12-27-20-7-3-1-5-17(20)18-6-2-4-8-21(18)27/h1,3,5,7,9-10,13-14H,2,4,6,8,11-12H2,(H,26,28). The van der Waals surface area contributed by atoms with Gasteiger partial charge in [-0.15, -0.1) is 0 Å². The van der Waals surface area contributed by atoms with Gasteiger partial charge in [-0.3, -0.25) is 4.79 Å². The van der Waals surface area contributed by atoms with Gasteiger partial charge < -0.3 is 4.57 Å². The predicted molar refractivity (Wildman–Crippen MR) is 115 cm³/mol. The number of aromatic nitrogens is 1. The number of aryl methyl sites for hydroxylation is 2. The van der Waals surface area contributed by atoms with Crippen LogP contribution >= 0.6 is 23.2 Å². The number of para-hydroxylation sites is 1. The molecule has 2 aromatic carbocycles. The molecule has 0 radical (unpaired) electrons. The van der Waals surface area contributed by atoms with Crippen LogP contribution in [0, 0.1) is 0 Å². The number of hydrogen-bond donors (Lipinski definition) is 1. The van der Waals surface area contributed by atoms with Crippen LogP contribution in [-0.2, 0) is 24.2 Å². The van der Waals surface area contributed by atoms with Gasteiger partial charge in [0.15, 0.2) is 0 Å². The van der Waals surface area contributed by atoms with E-state index in [-0.39, 0.29) is 5.91 Å². The van der Waals surface area contributed by atoms with Crippen molar-refractivity contribution in [2.75, 3.05) is 0 Å². The van der Waals surface area contributed by atoms with Gasteiger partial charge in [0.25, 0.3) is 0 Å². The molecule has 1 aliphatic carbocycles. The smallest absolute Gasteiger partial charge is 0.241 e. The van der Waals surface area contributed by atoms with Gasteiger partial charge in [-0.2, -0.15) is 5.10 Å². The largest absolute Gasteiger partial charge is 0.344 e. The number of carbonyl (C=O) groups excluding carboxylic acids is 1. The van der Waals surface area contributed by atoms with E-state index in [9.17, 15) is 4.79 Å². The van der Waals surface area contributed by atoms with E-state index in [0.29, 0.717) is 28.6 Å². The van der Waals surface area contributed by atoms with Crippen molar-refractivity contribution in [1.29, 1.82) is 0 Å². The van der Waals surface area contributed by atoms with E-state index in [2.05, 4.69) is 39.4 Å². The fourth-order valence-electron chi connectivity index (χ4n) is 3.89. The summed E-state index contributed by atoms with van der Waals surface area (Å²) in [4.78, 5) is 12.3. The second-order valence-corrected chi connectivity index (χ2v) is 7.85. The van der Waals surface area contributed by atoms with Crippen molar-refractivity contribution in [3.8, 4) is 0 Å². The van der Waals surface area contributed by atoms with E-state index < -0.39 is 0 Å². The molecule has 0 bridgehead atoms. The molecule has 4 nitrogen and oxygen atoms in total. The molecule has 1 aliphatic rings. The second kappa shape index (κ2) is 8.38. The van der Waals surface area contributed by atoms with E-state index in [4.69, 9.17) is 23.2 Å². The molecule has 3 aromatic rings. The van der Waals surface area contributed by atoms with Gasteiger partial charge in [0.2, 0.25) is 5.91 Å². The third-order valence-corrected chi connectivity index (χ3v) is 5.76. The van der Waals surface area contributed by atoms with Gasteiger partial charge in [0.1, 0.15) is 0 Å². The Morgan fingerprint density at radius 2 is 1.96 bits per heavy atom. The fourth-order valence-corrected chi connectivity index (χ4v) is 4.35. The Morgan fingerprint density at radius 3 is 2.82 bits per heavy atom. The number of halogens is 2. The monoisotopic (exact) mass is 413 g/mol. The van der Waals surface area contributed by atoms with Crippen LogP contribution in [0.4, 0.5) is 0 Å². The summed E-state index contributed by atoms with van der Waals surface area (Å²) in [6.07, 6.45) is 6.56. The molecule has 1 aromatic heterocycles. The van der Waals surface area contributed by atoms with Crippen molar-refractivity contribution in [1.82, 2.24) is 9.99 Å². The summed E-state index contributed by atoms with van der Waals surface area (Å²) >= 11 is 12.0. The number of fused-ring (bicyclic) bond motifs is 3. The number of rotatable bonds is 5. The van der Waals surface area contributed by atoms with Crippen LogP contribution in [0.2, 0.25) is 10.0 Å². The van der Waals surface area contributed by atoms with Crippen molar-refractivity contribution in [3.05, 3.63) is 69.3 Å². The molecule has 0 saturated heterocycles. The first-order valence-corrected chi connectivity index (χ1v) is 10.2. The highest BCUT2D eigenvalue weighted by Crippen LogP contribution is 2.32. The Morgan fingerprint density at radius 1 is 1.14 bits per heavy atom. The average molecular weight is 414 g/mol. The van der Waals surface area contributed by atoms with Gasteiger partial charge in [-0.05, 0) is 49.4 Å². The Labute approximate surface area is 174 Å². The van der Waals surface area contributed by atoms with Crippen LogP contribution in [0.3, 0.4) is 0 Å². The van der Waals surface area contributed by atoms with Gasteiger partial charge in [0, 0.05) is 40.1 Å². The van der Waals surface area contributed by atoms with Crippen LogP contribution < -0.4 is 5.43 Å².